The molecule has 1 heteroatoms. The molecular weight excluding hydrogens is 170 g/mol. The van der Waals surface area contributed by atoms with Crippen molar-refractivity contribution < 1.29 is 0 Å². The Morgan fingerprint density at radius 3 is 2.50 bits per heavy atom. The molecule has 0 fully saturated rings. The molecule has 14 heavy (non-hydrogen) atoms. The lowest BCUT2D eigenvalue weighted by molar-refractivity contribution is 0.609. The van der Waals surface area contributed by atoms with E-state index in [1.807, 2.05) is 12.4 Å². The number of nitrogens with zero attached hydrogens (tertiary/aromatic N) is 1. The topological polar surface area (TPSA) is 12.9 Å². The van der Waals surface area contributed by atoms with Gasteiger partial charge in [0.15, 0.2) is 0 Å². The lowest BCUT2D eigenvalue weighted by Crippen LogP contribution is -2.03. The van der Waals surface area contributed by atoms with Crippen LogP contribution in [0.15, 0.2) is 24.5 Å². The van der Waals surface area contributed by atoms with E-state index < -0.39 is 0 Å². The lowest BCUT2D eigenvalue weighted by atomic mass is 9.90. The van der Waals surface area contributed by atoms with Gasteiger partial charge in [-0.05, 0) is 23.6 Å². The van der Waals surface area contributed by atoms with Gasteiger partial charge in [0.05, 0.1) is 0 Å². The van der Waals surface area contributed by atoms with Crippen molar-refractivity contribution in [1.82, 2.24) is 4.98 Å². The highest BCUT2D eigenvalue weighted by Gasteiger charge is 2.11. The predicted octanol–water partition coefficient (Wildman–Crippen LogP) is 3.23. The molecule has 0 aromatic carbocycles. The molecule has 1 aromatic heterocycles. The molecule has 0 N–H and O–H groups in total. The van der Waals surface area contributed by atoms with Crippen molar-refractivity contribution in [3.05, 3.63) is 30.1 Å². The van der Waals surface area contributed by atoms with Crippen LogP contribution < -0.4 is 0 Å². The minimum Gasteiger partial charge on any atom is -0.265 e. The zero-order valence-corrected chi connectivity index (χ0v) is 9.12. The molecule has 74 valence electrons. The molecule has 2 atom stereocenters. The van der Waals surface area contributed by atoms with Crippen molar-refractivity contribution in [2.24, 2.45) is 5.92 Å². The summed E-state index contributed by atoms with van der Waals surface area (Å²) in [7, 11) is 0. The molecule has 1 rings (SSSR count). The summed E-state index contributed by atoms with van der Waals surface area (Å²) >= 11 is 0. The normalized spacial score (nSPS) is 13.9. The molecule has 0 amide bonds. The van der Waals surface area contributed by atoms with E-state index in [0.717, 1.165) is 6.42 Å². The van der Waals surface area contributed by atoms with Crippen molar-refractivity contribution in [2.75, 3.05) is 0 Å². The molecule has 0 radical (unpaired) electrons. The summed E-state index contributed by atoms with van der Waals surface area (Å²) < 4.78 is 0. The first-order valence-corrected chi connectivity index (χ1v) is 5.14. The van der Waals surface area contributed by atoms with Gasteiger partial charge in [0.2, 0.25) is 0 Å². The van der Waals surface area contributed by atoms with E-state index in [9.17, 15) is 0 Å². The summed E-state index contributed by atoms with van der Waals surface area (Å²) in [6.07, 6.45) is 4.62. The maximum Gasteiger partial charge on any atom is 0.0270 e. The fourth-order valence-electron chi connectivity index (χ4n) is 1.34. The molecule has 0 spiro atoms. The molecule has 0 aliphatic heterocycles. The van der Waals surface area contributed by atoms with E-state index in [1.165, 1.54) is 5.56 Å². The highest BCUT2D eigenvalue weighted by atomic mass is 14.6. The first-order chi connectivity index (χ1) is 6.75. The van der Waals surface area contributed by atoms with Crippen molar-refractivity contribution in [3.8, 4) is 11.8 Å². The van der Waals surface area contributed by atoms with Gasteiger partial charge in [-0.25, -0.2) is 0 Å². The quantitative estimate of drug-likeness (QED) is 0.648. The third-order valence-electron chi connectivity index (χ3n) is 2.49. The second kappa shape index (κ2) is 5.44. The van der Waals surface area contributed by atoms with Crippen molar-refractivity contribution in [2.45, 2.75) is 33.1 Å². The molecule has 0 bridgehead atoms. The summed E-state index contributed by atoms with van der Waals surface area (Å²) in [4.78, 5) is 4.01. The van der Waals surface area contributed by atoms with E-state index in [2.05, 4.69) is 49.7 Å². The van der Waals surface area contributed by atoms with Gasteiger partial charge in [0, 0.05) is 24.7 Å². The maximum atomic E-state index is 4.01. The van der Waals surface area contributed by atoms with Gasteiger partial charge in [0.25, 0.3) is 0 Å². The monoisotopic (exact) mass is 187 g/mol. The average molecular weight is 187 g/mol. The van der Waals surface area contributed by atoms with Crippen molar-refractivity contribution in [1.29, 1.82) is 0 Å². The van der Waals surface area contributed by atoms with Crippen LogP contribution in [0.1, 0.15) is 38.7 Å². The van der Waals surface area contributed by atoms with E-state index in [4.69, 9.17) is 0 Å². The summed E-state index contributed by atoms with van der Waals surface area (Å²) in [5, 5.41) is 0. The first-order valence-electron chi connectivity index (χ1n) is 5.14. The van der Waals surface area contributed by atoms with E-state index in [0.29, 0.717) is 11.8 Å². The Labute approximate surface area is 86.6 Å². The number of rotatable bonds is 2. The maximum absolute atomic E-state index is 4.01. The SMILES string of the molecule is CCC#CC(C)C(C)c1ccncc1. The Bertz CT molecular complexity index is 318. The van der Waals surface area contributed by atoms with E-state index in [-0.39, 0.29) is 0 Å². The van der Waals surface area contributed by atoms with E-state index >= 15 is 0 Å². The Hall–Kier alpha value is -1.29. The predicted molar refractivity (Wildman–Crippen MR) is 59.9 cm³/mol. The highest BCUT2D eigenvalue weighted by Crippen LogP contribution is 2.22. The van der Waals surface area contributed by atoms with Crippen LogP contribution in [0.4, 0.5) is 0 Å². The molecular formula is C13H17N. The molecule has 2 unspecified atom stereocenters. The molecule has 0 aliphatic carbocycles. The summed E-state index contributed by atoms with van der Waals surface area (Å²) in [5.74, 6) is 7.29. The van der Waals surface area contributed by atoms with Crippen LogP contribution in [0.2, 0.25) is 0 Å². The van der Waals surface area contributed by atoms with Gasteiger partial charge >= 0.3 is 0 Å². The average Bonchev–Trinajstić information content (AvgIpc) is 2.26. The second-order valence-electron chi connectivity index (χ2n) is 3.53. The third kappa shape index (κ3) is 2.88. The summed E-state index contributed by atoms with van der Waals surface area (Å²) in [6.45, 7) is 6.47. The van der Waals surface area contributed by atoms with Gasteiger partial charge in [-0.3, -0.25) is 4.98 Å². The fourth-order valence-corrected chi connectivity index (χ4v) is 1.34. The molecule has 0 saturated carbocycles. The minimum atomic E-state index is 0.414. The summed E-state index contributed by atoms with van der Waals surface area (Å²) in [6, 6.07) is 4.13. The number of aromatic nitrogens is 1. The van der Waals surface area contributed by atoms with Gasteiger partial charge in [-0.2, -0.15) is 0 Å². The first kappa shape index (κ1) is 10.8. The van der Waals surface area contributed by atoms with Gasteiger partial charge in [-0.1, -0.05) is 26.7 Å². The Kier molecular flexibility index (Phi) is 4.19. The Balaban J connectivity index is 2.70. The standard InChI is InChI=1S/C13H17N/c1-4-5-6-11(2)12(3)13-7-9-14-10-8-13/h7-12H,4H2,1-3H3. The Morgan fingerprint density at radius 1 is 1.29 bits per heavy atom. The fraction of sp³-hybridized carbons (Fsp3) is 0.462. The van der Waals surface area contributed by atoms with Crippen LogP contribution >= 0.6 is 0 Å². The van der Waals surface area contributed by atoms with Crippen LogP contribution in [0.25, 0.3) is 0 Å². The third-order valence-corrected chi connectivity index (χ3v) is 2.49. The number of pyridine rings is 1. The zero-order valence-electron chi connectivity index (χ0n) is 9.12. The molecule has 0 aliphatic rings. The minimum absolute atomic E-state index is 0.414. The number of hydrogen-bond donors (Lipinski definition) is 0. The van der Waals surface area contributed by atoms with Gasteiger partial charge < -0.3 is 0 Å². The molecule has 1 aromatic rings. The van der Waals surface area contributed by atoms with Crippen LogP contribution in [-0.4, -0.2) is 4.98 Å². The van der Waals surface area contributed by atoms with Gasteiger partial charge in [0.1, 0.15) is 0 Å². The summed E-state index contributed by atoms with van der Waals surface area (Å²) in [5.41, 5.74) is 1.32. The number of hydrogen-bond acceptors (Lipinski definition) is 1. The Morgan fingerprint density at radius 2 is 1.93 bits per heavy atom. The van der Waals surface area contributed by atoms with E-state index in [1.54, 1.807) is 0 Å². The van der Waals surface area contributed by atoms with Crippen LogP contribution in [0.5, 0.6) is 0 Å². The van der Waals surface area contributed by atoms with Crippen molar-refractivity contribution >= 4 is 0 Å². The molecule has 1 nitrogen and oxygen atoms in total. The van der Waals surface area contributed by atoms with Crippen LogP contribution in [-0.2, 0) is 0 Å². The highest BCUT2D eigenvalue weighted by molar-refractivity contribution is 5.19. The largest absolute Gasteiger partial charge is 0.265 e. The molecule has 1 heterocycles. The van der Waals surface area contributed by atoms with Gasteiger partial charge in [-0.15, -0.1) is 5.92 Å². The van der Waals surface area contributed by atoms with Crippen LogP contribution in [0.3, 0.4) is 0 Å². The molecule has 0 saturated heterocycles. The van der Waals surface area contributed by atoms with Crippen molar-refractivity contribution in [3.63, 3.8) is 0 Å². The smallest absolute Gasteiger partial charge is 0.0270 e. The lowest BCUT2D eigenvalue weighted by Gasteiger charge is -2.14. The van der Waals surface area contributed by atoms with Crippen LogP contribution in [0, 0.1) is 17.8 Å². The zero-order chi connectivity index (χ0) is 10.4. The second-order valence-corrected chi connectivity index (χ2v) is 3.53.